The van der Waals surface area contributed by atoms with Gasteiger partial charge in [-0.15, -0.1) is 10.2 Å². The largest absolute Gasteiger partial charge is 0.411 e. The number of alkyl halides is 2. The number of carbonyl (C=O) groups is 1. The fourth-order valence-corrected chi connectivity index (χ4v) is 4.22. The molecule has 11 nitrogen and oxygen atoms in total. The molecule has 0 saturated heterocycles. The van der Waals surface area contributed by atoms with Crippen molar-refractivity contribution in [1.82, 2.24) is 44.5 Å². The molecule has 1 amide bonds. The summed E-state index contributed by atoms with van der Waals surface area (Å²) in [7, 11) is 1.75. The van der Waals surface area contributed by atoms with Crippen molar-refractivity contribution in [2.75, 3.05) is 6.54 Å². The summed E-state index contributed by atoms with van der Waals surface area (Å²) >= 11 is 0. The summed E-state index contributed by atoms with van der Waals surface area (Å²) in [6.07, 6.45) is 1.08. The lowest BCUT2D eigenvalue weighted by molar-refractivity contribution is 0.0646. The summed E-state index contributed by atoms with van der Waals surface area (Å²) < 4.78 is 35.5. The highest BCUT2D eigenvalue weighted by Gasteiger charge is 2.38. The minimum Gasteiger partial charge on any atom is -0.411 e. The third kappa shape index (κ3) is 3.16. The second kappa shape index (κ2) is 7.57. The topological polar surface area (TPSA) is 123 Å². The van der Waals surface area contributed by atoms with Gasteiger partial charge < -0.3 is 14.3 Å². The second-order valence-electron chi connectivity index (χ2n) is 7.86. The third-order valence-corrected chi connectivity index (χ3v) is 5.76. The number of hydrogen-bond donors (Lipinski definition) is 1. The molecule has 0 fully saturated rings. The fraction of sp³-hybridized carbons (Fsp3) is 0.238. The molecule has 0 saturated carbocycles. The van der Waals surface area contributed by atoms with Crippen LogP contribution < -0.4 is 0 Å². The van der Waals surface area contributed by atoms with Gasteiger partial charge in [0.25, 0.3) is 12.3 Å². The molecule has 0 spiro atoms. The van der Waals surface area contributed by atoms with Gasteiger partial charge in [0.15, 0.2) is 0 Å². The van der Waals surface area contributed by atoms with E-state index in [9.17, 15) is 13.6 Å². The van der Waals surface area contributed by atoms with E-state index in [1.165, 1.54) is 21.8 Å². The molecule has 1 atom stereocenters. The number of pyridine rings is 1. The van der Waals surface area contributed by atoms with Gasteiger partial charge in [0.2, 0.25) is 0 Å². The van der Waals surface area contributed by atoms with Crippen molar-refractivity contribution >= 4 is 11.4 Å². The number of imidazole rings is 1. The van der Waals surface area contributed by atoms with Gasteiger partial charge in [-0.3, -0.25) is 9.48 Å². The van der Waals surface area contributed by atoms with Crippen molar-refractivity contribution in [3.05, 3.63) is 71.5 Å². The number of carbonyl (C=O) groups excluding carboxylic acids is 1. The van der Waals surface area contributed by atoms with Crippen molar-refractivity contribution in [3.8, 4) is 11.6 Å². The predicted molar refractivity (Wildman–Crippen MR) is 112 cm³/mol. The van der Waals surface area contributed by atoms with E-state index in [-0.39, 0.29) is 17.5 Å². The lowest BCUT2D eigenvalue weighted by Crippen LogP contribution is -2.41. The van der Waals surface area contributed by atoms with Crippen LogP contribution in [0.15, 0.2) is 47.3 Å². The van der Waals surface area contributed by atoms with Crippen molar-refractivity contribution < 1.29 is 18.0 Å². The van der Waals surface area contributed by atoms with Crippen LogP contribution in [-0.2, 0) is 13.5 Å². The Balaban J connectivity index is 1.41. The van der Waals surface area contributed by atoms with Crippen LogP contribution in [-0.4, -0.2) is 56.9 Å². The summed E-state index contributed by atoms with van der Waals surface area (Å²) in [5.74, 6) is -0.603. The zero-order valence-corrected chi connectivity index (χ0v) is 17.8. The van der Waals surface area contributed by atoms with Crippen LogP contribution in [0.25, 0.3) is 17.1 Å². The van der Waals surface area contributed by atoms with E-state index in [0.29, 0.717) is 35.6 Å². The zero-order valence-electron chi connectivity index (χ0n) is 17.8. The van der Waals surface area contributed by atoms with E-state index in [1.54, 1.807) is 42.2 Å². The monoisotopic (exact) mass is 465 g/mol. The van der Waals surface area contributed by atoms with Crippen molar-refractivity contribution in [3.63, 3.8) is 0 Å². The van der Waals surface area contributed by atoms with Crippen LogP contribution in [0.4, 0.5) is 8.78 Å². The van der Waals surface area contributed by atoms with E-state index in [2.05, 4.69) is 30.4 Å². The molecule has 34 heavy (non-hydrogen) atoms. The van der Waals surface area contributed by atoms with Crippen LogP contribution in [0.1, 0.15) is 45.9 Å². The molecule has 6 heterocycles. The Morgan fingerprint density at radius 3 is 2.91 bits per heavy atom. The van der Waals surface area contributed by atoms with Gasteiger partial charge in [-0.05, 0) is 24.3 Å². The molecule has 5 aromatic rings. The molecule has 172 valence electrons. The van der Waals surface area contributed by atoms with E-state index in [1.807, 2.05) is 0 Å². The Kier molecular flexibility index (Phi) is 4.50. The van der Waals surface area contributed by atoms with E-state index < -0.39 is 18.4 Å². The highest BCUT2D eigenvalue weighted by molar-refractivity contribution is 5.90. The Morgan fingerprint density at radius 2 is 2.12 bits per heavy atom. The second-order valence-corrected chi connectivity index (χ2v) is 7.86. The summed E-state index contributed by atoms with van der Waals surface area (Å²) in [5, 5.41) is 16.5. The van der Waals surface area contributed by atoms with Crippen LogP contribution in [0, 0.1) is 0 Å². The summed E-state index contributed by atoms with van der Waals surface area (Å²) in [6, 6.07) is 7.18. The number of amides is 1. The average Bonchev–Trinajstić information content (AvgIpc) is 3.62. The number of halogens is 2. The first-order valence-electron chi connectivity index (χ1n) is 10.4. The first-order valence-corrected chi connectivity index (χ1v) is 10.4. The van der Waals surface area contributed by atoms with E-state index in [0.717, 1.165) is 5.69 Å². The average molecular weight is 465 g/mol. The molecule has 0 radical (unpaired) electrons. The number of aryl methyl sites for hydroxylation is 1. The number of fused-ring (bicyclic) bond motifs is 2. The van der Waals surface area contributed by atoms with Gasteiger partial charge in [0.05, 0.1) is 23.2 Å². The number of nitrogens with one attached hydrogen (secondary N) is 1. The molecule has 13 heteroatoms. The minimum absolute atomic E-state index is 0.118. The molecule has 1 aliphatic rings. The Morgan fingerprint density at radius 1 is 1.24 bits per heavy atom. The standard InChI is InChI=1S/C21H17F2N9O2/c1-30-7-5-13(28-30)19-26-27-20(34-19)21(33)31-8-6-12-16(25-10-24-12)17(31)14-9-11-3-2-4-15(18(22)23)32(11)29-14/h2-5,7,9-10,17-18H,6,8H2,1H3,(H,24,25)/t17-/m1/s1. The highest BCUT2D eigenvalue weighted by atomic mass is 19.3. The van der Waals surface area contributed by atoms with Crippen molar-refractivity contribution in [2.45, 2.75) is 18.9 Å². The first kappa shape index (κ1) is 20.2. The number of rotatable bonds is 4. The molecular formula is C21H17F2N9O2. The maximum absolute atomic E-state index is 13.5. The van der Waals surface area contributed by atoms with Crippen molar-refractivity contribution in [1.29, 1.82) is 0 Å². The summed E-state index contributed by atoms with van der Waals surface area (Å²) in [4.78, 5) is 22.5. The highest BCUT2D eigenvalue weighted by Crippen LogP contribution is 2.35. The molecule has 0 aliphatic carbocycles. The third-order valence-electron chi connectivity index (χ3n) is 5.76. The summed E-state index contributed by atoms with van der Waals surface area (Å²) in [6.45, 7) is 0.315. The number of nitrogens with zero attached hydrogens (tertiary/aromatic N) is 8. The fourth-order valence-electron chi connectivity index (χ4n) is 4.22. The Hall–Kier alpha value is -4.42. The maximum atomic E-state index is 13.5. The van der Waals surface area contributed by atoms with Crippen molar-refractivity contribution in [2.24, 2.45) is 7.05 Å². The predicted octanol–water partition coefficient (Wildman–Crippen LogP) is 2.57. The molecule has 1 N–H and O–H groups in total. The Labute approximate surface area is 190 Å². The van der Waals surface area contributed by atoms with Crippen LogP contribution >= 0.6 is 0 Å². The SMILES string of the molecule is Cn1ccc(-c2nnc(C(=O)N3CCc4[nH]cnc4[C@H]3c3cc4cccc(C(F)F)n4n3)o2)n1. The van der Waals surface area contributed by atoms with Gasteiger partial charge in [-0.1, -0.05) is 6.07 Å². The van der Waals surface area contributed by atoms with Crippen LogP contribution in [0.2, 0.25) is 0 Å². The Bertz CT molecular complexity index is 1520. The number of aromatic nitrogens is 8. The molecule has 5 aromatic heterocycles. The van der Waals surface area contributed by atoms with Gasteiger partial charge in [0.1, 0.15) is 17.4 Å². The van der Waals surface area contributed by atoms with Crippen LogP contribution in [0.3, 0.4) is 0 Å². The molecule has 0 unspecified atom stereocenters. The van der Waals surface area contributed by atoms with Gasteiger partial charge in [-0.2, -0.15) is 10.2 Å². The maximum Gasteiger partial charge on any atom is 0.312 e. The summed E-state index contributed by atoms with van der Waals surface area (Å²) in [5.41, 5.74) is 2.53. The van der Waals surface area contributed by atoms with Crippen LogP contribution in [0.5, 0.6) is 0 Å². The first-order chi connectivity index (χ1) is 16.5. The van der Waals surface area contributed by atoms with Gasteiger partial charge in [0, 0.05) is 31.9 Å². The normalized spacial score (nSPS) is 15.9. The van der Waals surface area contributed by atoms with Gasteiger partial charge in [-0.25, -0.2) is 18.3 Å². The number of hydrogen-bond acceptors (Lipinski definition) is 7. The molecule has 0 aromatic carbocycles. The van der Waals surface area contributed by atoms with E-state index in [4.69, 9.17) is 4.42 Å². The molecule has 6 rings (SSSR count). The minimum atomic E-state index is -2.70. The molecule has 1 aliphatic heterocycles. The molecule has 0 bridgehead atoms. The number of H-pyrrole nitrogens is 1. The smallest absolute Gasteiger partial charge is 0.312 e. The lowest BCUT2D eigenvalue weighted by Gasteiger charge is -2.32. The lowest BCUT2D eigenvalue weighted by atomic mass is 9.99. The van der Waals surface area contributed by atoms with Gasteiger partial charge >= 0.3 is 11.8 Å². The molecular weight excluding hydrogens is 448 g/mol. The zero-order chi connectivity index (χ0) is 23.4. The number of aromatic amines is 1. The quantitative estimate of drug-likeness (QED) is 0.433. The van der Waals surface area contributed by atoms with E-state index >= 15 is 0 Å².